The molecule has 4 aromatic rings. The summed E-state index contributed by atoms with van der Waals surface area (Å²) < 4.78 is 7.21. The Morgan fingerprint density at radius 2 is 1.85 bits per heavy atom. The van der Waals surface area contributed by atoms with E-state index < -0.39 is 0 Å². The highest BCUT2D eigenvalue weighted by molar-refractivity contribution is 8.00. The molecule has 1 atom stereocenters. The highest BCUT2D eigenvalue weighted by atomic mass is 32.2. The van der Waals surface area contributed by atoms with Crippen molar-refractivity contribution in [1.29, 1.82) is 0 Å². The fraction of sp³-hybridized carbons (Fsp3) is 0.323. The molecule has 8 heteroatoms. The Bertz CT molecular complexity index is 1480. The molecule has 2 aromatic heterocycles. The summed E-state index contributed by atoms with van der Waals surface area (Å²) in [5.41, 5.74) is 5.83. The number of fused-ring (bicyclic) bond motifs is 1. The smallest absolute Gasteiger partial charge is 0.240 e. The lowest BCUT2D eigenvalue weighted by Gasteiger charge is -2.24. The first-order chi connectivity index (χ1) is 18.6. The van der Waals surface area contributed by atoms with Crippen LogP contribution in [0.2, 0.25) is 0 Å². The maximum absolute atomic E-state index is 13.8. The Labute approximate surface area is 233 Å². The quantitative estimate of drug-likeness (QED) is 0.330. The van der Waals surface area contributed by atoms with E-state index in [1.807, 2.05) is 35.9 Å². The number of aromatic nitrogens is 2. The van der Waals surface area contributed by atoms with Gasteiger partial charge >= 0.3 is 0 Å². The third-order valence-electron chi connectivity index (χ3n) is 6.76. The van der Waals surface area contributed by atoms with Gasteiger partial charge in [-0.3, -0.25) is 14.5 Å². The Kier molecular flexibility index (Phi) is 7.40. The summed E-state index contributed by atoms with van der Waals surface area (Å²) in [5, 5.41) is 7.92. The van der Waals surface area contributed by atoms with Crippen molar-refractivity contribution in [2.24, 2.45) is 0 Å². The molecular weight excluding hydrogens is 508 g/mol. The van der Waals surface area contributed by atoms with Crippen LogP contribution < -0.4 is 10.2 Å². The first-order valence-corrected chi connectivity index (χ1v) is 14.1. The molecular formula is C31H34N4O3S. The van der Waals surface area contributed by atoms with Crippen molar-refractivity contribution in [2.75, 3.05) is 17.2 Å². The van der Waals surface area contributed by atoms with Gasteiger partial charge in [-0.25, -0.2) is 4.68 Å². The number of carbonyl (C=O) groups excluding carboxylic acids is 2. The second kappa shape index (κ2) is 10.8. The molecule has 1 aliphatic rings. The Hall–Kier alpha value is -3.78. The summed E-state index contributed by atoms with van der Waals surface area (Å²) in [6.45, 7) is 10.7. The zero-order valence-corrected chi connectivity index (χ0v) is 23.8. The molecule has 1 N–H and O–H groups in total. The summed E-state index contributed by atoms with van der Waals surface area (Å²) in [7, 11) is 0. The monoisotopic (exact) mass is 542 g/mol. The topological polar surface area (TPSA) is 80.4 Å². The number of furan rings is 1. The van der Waals surface area contributed by atoms with Crippen molar-refractivity contribution >= 4 is 29.4 Å². The first kappa shape index (κ1) is 26.8. The normalized spacial score (nSPS) is 15.7. The van der Waals surface area contributed by atoms with Crippen molar-refractivity contribution in [3.8, 4) is 5.69 Å². The molecule has 5 rings (SSSR count). The number of anilines is 1. The van der Waals surface area contributed by atoms with Crippen LogP contribution in [0.3, 0.4) is 0 Å². The molecule has 7 nitrogen and oxygen atoms in total. The number of hydrogen-bond donors (Lipinski definition) is 1. The lowest BCUT2D eigenvalue weighted by atomic mass is 9.87. The third kappa shape index (κ3) is 5.66. The van der Waals surface area contributed by atoms with Crippen LogP contribution >= 0.6 is 11.8 Å². The molecule has 1 aliphatic heterocycles. The summed E-state index contributed by atoms with van der Waals surface area (Å²) in [4.78, 5) is 28.5. The van der Waals surface area contributed by atoms with Gasteiger partial charge in [0.25, 0.3) is 0 Å². The van der Waals surface area contributed by atoms with Gasteiger partial charge in [0.05, 0.1) is 35.2 Å². The van der Waals surface area contributed by atoms with E-state index in [2.05, 4.69) is 57.3 Å². The second-order valence-corrected chi connectivity index (χ2v) is 12.1. The van der Waals surface area contributed by atoms with E-state index in [-0.39, 0.29) is 41.3 Å². The van der Waals surface area contributed by atoms with Gasteiger partial charge in [-0.2, -0.15) is 5.10 Å². The van der Waals surface area contributed by atoms with Crippen LogP contribution in [0.4, 0.5) is 5.82 Å². The number of thioether (sulfide) groups is 1. The molecule has 0 radical (unpaired) electrons. The van der Waals surface area contributed by atoms with Crippen LogP contribution in [0.25, 0.3) is 5.69 Å². The van der Waals surface area contributed by atoms with Crippen LogP contribution in [-0.2, 0) is 21.5 Å². The summed E-state index contributed by atoms with van der Waals surface area (Å²) in [5.74, 6) is 1.16. The van der Waals surface area contributed by atoms with Crippen molar-refractivity contribution in [3.63, 3.8) is 0 Å². The van der Waals surface area contributed by atoms with Gasteiger partial charge in [-0.15, -0.1) is 11.8 Å². The van der Waals surface area contributed by atoms with E-state index in [4.69, 9.17) is 9.52 Å². The van der Waals surface area contributed by atoms with Crippen molar-refractivity contribution in [2.45, 2.75) is 51.8 Å². The molecule has 0 saturated carbocycles. The summed E-state index contributed by atoms with van der Waals surface area (Å²) in [6.07, 6.45) is 1.57. The van der Waals surface area contributed by atoms with E-state index in [0.29, 0.717) is 11.6 Å². The second-order valence-electron chi connectivity index (χ2n) is 11.0. The van der Waals surface area contributed by atoms with Gasteiger partial charge < -0.3 is 9.73 Å². The van der Waals surface area contributed by atoms with Crippen molar-refractivity contribution in [1.82, 2.24) is 15.1 Å². The Morgan fingerprint density at radius 1 is 1.08 bits per heavy atom. The largest absolute Gasteiger partial charge is 0.467 e. The minimum atomic E-state index is -0.302. The van der Waals surface area contributed by atoms with Gasteiger partial charge in [0.1, 0.15) is 18.1 Å². The van der Waals surface area contributed by atoms with Gasteiger partial charge in [-0.05, 0) is 43.7 Å². The van der Waals surface area contributed by atoms with E-state index >= 15 is 0 Å². The lowest BCUT2D eigenvalue weighted by molar-refractivity contribution is -0.123. The number of nitrogens with one attached hydrogen (secondary N) is 1. The highest BCUT2D eigenvalue weighted by Crippen LogP contribution is 2.48. The maximum atomic E-state index is 13.8. The minimum absolute atomic E-state index is 0.116. The van der Waals surface area contributed by atoms with E-state index in [1.54, 1.807) is 35.1 Å². The van der Waals surface area contributed by atoms with Gasteiger partial charge in [0.15, 0.2) is 0 Å². The molecule has 0 spiro atoms. The molecule has 0 saturated heterocycles. The van der Waals surface area contributed by atoms with E-state index in [0.717, 1.165) is 33.6 Å². The molecule has 0 bridgehead atoms. The predicted molar refractivity (Wildman–Crippen MR) is 155 cm³/mol. The van der Waals surface area contributed by atoms with Crippen molar-refractivity contribution in [3.05, 3.63) is 101 Å². The van der Waals surface area contributed by atoms with Gasteiger partial charge in [0.2, 0.25) is 11.8 Å². The van der Waals surface area contributed by atoms with E-state index in [9.17, 15) is 9.59 Å². The summed E-state index contributed by atoms with van der Waals surface area (Å²) >= 11 is 1.59. The average Bonchev–Trinajstić information content (AvgIpc) is 3.52. The highest BCUT2D eigenvalue weighted by Gasteiger charge is 2.39. The number of benzene rings is 2. The fourth-order valence-electron chi connectivity index (χ4n) is 4.83. The molecule has 0 unspecified atom stereocenters. The zero-order valence-electron chi connectivity index (χ0n) is 23.0. The molecule has 0 fully saturated rings. The predicted octanol–water partition coefficient (Wildman–Crippen LogP) is 5.87. The van der Waals surface area contributed by atoms with Gasteiger partial charge in [0, 0.05) is 11.0 Å². The Morgan fingerprint density at radius 3 is 2.51 bits per heavy atom. The van der Waals surface area contributed by atoms with Crippen molar-refractivity contribution < 1.29 is 14.0 Å². The fourth-order valence-corrected chi connectivity index (χ4v) is 6.02. The number of aryl methyl sites for hydroxylation is 2. The zero-order chi connectivity index (χ0) is 27.7. The number of nitrogens with zero attached hydrogens (tertiary/aromatic N) is 3. The molecule has 2 amide bonds. The van der Waals surface area contributed by atoms with Gasteiger partial charge in [-0.1, -0.05) is 68.3 Å². The summed E-state index contributed by atoms with van der Waals surface area (Å²) in [6, 6.07) is 20.1. The molecule has 202 valence electrons. The van der Waals surface area contributed by atoms with Crippen LogP contribution in [0.5, 0.6) is 0 Å². The van der Waals surface area contributed by atoms with E-state index in [1.165, 1.54) is 0 Å². The number of rotatable bonds is 6. The lowest BCUT2D eigenvalue weighted by Crippen LogP contribution is -2.42. The number of hydrogen-bond acceptors (Lipinski definition) is 5. The molecule has 39 heavy (non-hydrogen) atoms. The SMILES string of the molecule is Cc1ccc(-n2nc(C(C)(C)C)c3c2N(CC(=O)NCc2ccco2)C(=O)CS[C@@H]3c2cccc(C)c2)cc1. The van der Waals surface area contributed by atoms with Crippen LogP contribution in [-0.4, -0.2) is 33.9 Å². The van der Waals surface area contributed by atoms with Crippen LogP contribution in [0.15, 0.2) is 71.3 Å². The molecule has 3 heterocycles. The van der Waals surface area contributed by atoms with Crippen LogP contribution in [0.1, 0.15) is 59.7 Å². The van der Waals surface area contributed by atoms with Crippen LogP contribution in [0, 0.1) is 13.8 Å². The molecule has 2 aromatic carbocycles. The first-order valence-electron chi connectivity index (χ1n) is 13.1. The standard InChI is InChI=1S/C31H34N4O3S/c1-20-11-13-23(14-12-20)35-30-27(29(33-35)31(3,4)5)28(22-9-6-8-21(2)16-22)39-19-26(37)34(30)18-25(36)32-17-24-10-7-15-38-24/h6-16,28H,17-19H2,1-5H3,(H,32,36)/t28-/m1/s1. The Balaban J connectivity index is 1.67. The third-order valence-corrected chi connectivity index (χ3v) is 8.02. The number of amides is 2. The molecule has 0 aliphatic carbocycles. The average molecular weight is 543 g/mol. The minimum Gasteiger partial charge on any atom is -0.467 e. The number of carbonyl (C=O) groups is 2. The maximum Gasteiger partial charge on any atom is 0.240 e.